The van der Waals surface area contributed by atoms with Crippen molar-refractivity contribution in [1.29, 1.82) is 0 Å². The summed E-state index contributed by atoms with van der Waals surface area (Å²) in [6.45, 7) is 1.34. The van der Waals surface area contributed by atoms with Gasteiger partial charge in [-0.3, -0.25) is 4.79 Å². The number of primary amides is 1. The number of carbonyl (C=O) groups excluding carboxylic acids is 2. The lowest BCUT2D eigenvalue weighted by Crippen LogP contribution is -2.29. The molecule has 4 N–H and O–H groups in total. The molecule has 0 saturated heterocycles. The fourth-order valence-electron chi connectivity index (χ4n) is 2.55. The van der Waals surface area contributed by atoms with Gasteiger partial charge in [-0.15, -0.1) is 0 Å². The molecule has 2 aromatic carbocycles. The summed E-state index contributed by atoms with van der Waals surface area (Å²) in [6, 6.07) is 13.3. The predicted molar refractivity (Wildman–Crippen MR) is 105 cm³/mol. The summed E-state index contributed by atoms with van der Waals surface area (Å²) in [7, 11) is 0. The largest absolute Gasteiger partial charge is 0.457 e. The van der Waals surface area contributed by atoms with E-state index in [1.54, 1.807) is 61.1 Å². The zero-order valence-corrected chi connectivity index (χ0v) is 15.2. The fourth-order valence-corrected chi connectivity index (χ4v) is 2.55. The molecule has 0 radical (unpaired) electrons. The second kappa shape index (κ2) is 9.22. The van der Waals surface area contributed by atoms with Crippen molar-refractivity contribution < 1.29 is 14.3 Å². The van der Waals surface area contributed by atoms with Crippen molar-refractivity contribution in [3.05, 3.63) is 72.8 Å². The number of hydrogen-bond donors (Lipinski definition) is 3. The lowest BCUT2D eigenvalue weighted by atomic mass is 10.2. The normalized spacial score (nSPS) is 10.3. The molecular formula is C20H21N5O3. The van der Waals surface area contributed by atoms with E-state index in [-0.39, 0.29) is 6.03 Å². The summed E-state index contributed by atoms with van der Waals surface area (Å²) >= 11 is 0. The van der Waals surface area contributed by atoms with Crippen molar-refractivity contribution in [2.45, 2.75) is 13.0 Å². The Bertz CT molecular complexity index is 923. The SMILES string of the molecule is NC(=O)c1ccccc1Oc1ccc(NC(=O)NCCCn2ccnc2)cc1. The summed E-state index contributed by atoms with van der Waals surface area (Å²) in [4.78, 5) is 27.4. The number of imidazole rings is 1. The molecule has 0 saturated carbocycles. The first-order valence-corrected chi connectivity index (χ1v) is 8.79. The molecule has 28 heavy (non-hydrogen) atoms. The first-order valence-electron chi connectivity index (χ1n) is 8.79. The van der Waals surface area contributed by atoms with Crippen molar-refractivity contribution in [1.82, 2.24) is 14.9 Å². The van der Waals surface area contributed by atoms with Crippen LogP contribution in [0.25, 0.3) is 0 Å². The van der Waals surface area contributed by atoms with E-state index in [0.29, 0.717) is 29.3 Å². The molecule has 0 bridgehead atoms. The van der Waals surface area contributed by atoms with Crippen LogP contribution in [0.15, 0.2) is 67.3 Å². The van der Waals surface area contributed by atoms with Gasteiger partial charge in [0.25, 0.3) is 5.91 Å². The van der Waals surface area contributed by atoms with E-state index in [9.17, 15) is 9.59 Å². The second-order valence-electron chi connectivity index (χ2n) is 6.02. The first kappa shape index (κ1) is 19.0. The molecule has 8 heteroatoms. The Morgan fingerprint density at radius 1 is 1.11 bits per heavy atom. The summed E-state index contributed by atoms with van der Waals surface area (Å²) < 4.78 is 7.66. The Balaban J connectivity index is 1.47. The van der Waals surface area contributed by atoms with Crippen LogP contribution < -0.4 is 21.1 Å². The van der Waals surface area contributed by atoms with Crippen molar-refractivity contribution in [2.24, 2.45) is 5.73 Å². The Kier molecular flexibility index (Phi) is 6.25. The van der Waals surface area contributed by atoms with E-state index in [0.717, 1.165) is 13.0 Å². The second-order valence-corrected chi connectivity index (χ2v) is 6.02. The zero-order valence-electron chi connectivity index (χ0n) is 15.2. The number of nitrogens with two attached hydrogens (primary N) is 1. The van der Waals surface area contributed by atoms with Crippen LogP contribution in [0, 0.1) is 0 Å². The number of para-hydroxylation sites is 1. The molecule has 3 rings (SSSR count). The number of carbonyl (C=O) groups is 2. The number of nitrogens with zero attached hydrogens (tertiary/aromatic N) is 2. The number of urea groups is 1. The van der Waals surface area contributed by atoms with Crippen LogP contribution in [0.1, 0.15) is 16.8 Å². The van der Waals surface area contributed by atoms with Gasteiger partial charge in [0.2, 0.25) is 0 Å². The van der Waals surface area contributed by atoms with Gasteiger partial charge in [-0.25, -0.2) is 9.78 Å². The van der Waals surface area contributed by atoms with Crippen LogP contribution in [0.3, 0.4) is 0 Å². The molecule has 0 fully saturated rings. The third-order valence-electron chi connectivity index (χ3n) is 3.93. The van der Waals surface area contributed by atoms with E-state index in [1.807, 2.05) is 10.8 Å². The molecule has 0 aliphatic carbocycles. The van der Waals surface area contributed by atoms with Gasteiger partial charge in [-0.05, 0) is 42.8 Å². The molecule has 0 unspecified atom stereocenters. The Hall–Kier alpha value is -3.81. The molecule has 0 aliphatic rings. The van der Waals surface area contributed by atoms with Crippen molar-refractivity contribution in [2.75, 3.05) is 11.9 Å². The van der Waals surface area contributed by atoms with Crippen LogP contribution in [0.4, 0.5) is 10.5 Å². The minimum atomic E-state index is -0.557. The standard InChI is InChI=1S/C20H21N5O3/c21-19(26)17-4-1-2-5-18(17)28-16-8-6-15(7-9-16)24-20(27)23-10-3-12-25-13-11-22-14-25/h1-2,4-9,11,13-14H,3,10,12H2,(H2,21,26)(H2,23,24,27). The molecular weight excluding hydrogens is 358 g/mol. The predicted octanol–water partition coefficient (Wildman–Crippen LogP) is 2.99. The van der Waals surface area contributed by atoms with Crippen LogP contribution in [-0.2, 0) is 6.54 Å². The molecule has 8 nitrogen and oxygen atoms in total. The topological polar surface area (TPSA) is 111 Å². The van der Waals surface area contributed by atoms with Crippen LogP contribution in [-0.4, -0.2) is 28.0 Å². The number of aryl methyl sites for hydroxylation is 1. The van der Waals surface area contributed by atoms with Gasteiger partial charge >= 0.3 is 6.03 Å². The Labute approximate surface area is 162 Å². The number of amides is 3. The van der Waals surface area contributed by atoms with Gasteiger partial charge in [0.1, 0.15) is 11.5 Å². The summed E-state index contributed by atoms with van der Waals surface area (Å²) in [5, 5.41) is 5.56. The Morgan fingerprint density at radius 2 is 1.89 bits per heavy atom. The average molecular weight is 379 g/mol. The van der Waals surface area contributed by atoms with Gasteiger partial charge < -0.3 is 25.7 Å². The number of rotatable bonds is 8. The lowest BCUT2D eigenvalue weighted by molar-refractivity contribution is 0.0998. The monoisotopic (exact) mass is 379 g/mol. The van der Waals surface area contributed by atoms with Crippen molar-refractivity contribution >= 4 is 17.6 Å². The van der Waals surface area contributed by atoms with Gasteiger partial charge in [0, 0.05) is 31.2 Å². The molecule has 1 heterocycles. The van der Waals surface area contributed by atoms with E-state index in [1.165, 1.54) is 0 Å². The van der Waals surface area contributed by atoms with E-state index in [2.05, 4.69) is 15.6 Å². The maximum Gasteiger partial charge on any atom is 0.319 e. The van der Waals surface area contributed by atoms with Crippen LogP contribution in [0.5, 0.6) is 11.5 Å². The Morgan fingerprint density at radius 3 is 2.61 bits per heavy atom. The molecule has 0 atom stereocenters. The molecule has 0 spiro atoms. The molecule has 144 valence electrons. The minimum absolute atomic E-state index is 0.279. The third kappa shape index (κ3) is 5.34. The van der Waals surface area contributed by atoms with Gasteiger partial charge in [-0.2, -0.15) is 0 Å². The molecule has 3 aromatic rings. The molecule has 3 amide bonds. The summed E-state index contributed by atoms with van der Waals surface area (Å²) in [6.07, 6.45) is 6.15. The van der Waals surface area contributed by atoms with E-state index < -0.39 is 5.91 Å². The highest BCUT2D eigenvalue weighted by Crippen LogP contribution is 2.26. The number of aromatic nitrogens is 2. The van der Waals surface area contributed by atoms with Gasteiger partial charge in [0.05, 0.1) is 11.9 Å². The number of anilines is 1. The van der Waals surface area contributed by atoms with Crippen LogP contribution in [0.2, 0.25) is 0 Å². The first-order chi connectivity index (χ1) is 13.6. The summed E-state index contributed by atoms with van der Waals surface area (Å²) in [5.41, 5.74) is 6.28. The minimum Gasteiger partial charge on any atom is -0.457 e. The van der Waals surface area contributed by atoms with E-state index >= 15 is 0 Å². The maximum atomic E-state index is 11.9. The molecule has 1 aromatic heterocycles. The van der Waals surface area contributed by atoms with Crippen molar-refractivity contribution in [3.63, 3.8) is 0 Å². The molecule has 0 aliphatic heterocycles. The highest BCUT2D eigenvalue weighted by atomic mass is 16.5. The number of ether oxygens (including phenoxy) is 1. The zero-order chi connectivity index (χ0) is 19.8. The highest BCUT2D eigenvalue weighted by molar-refractivity contribution is 5.95. The van der Waals surface area contributed by atoms with Crippen LogP contribution >= 0.6 is 0 Å². The lowest BCUT2D eigenvalue weighted by Gasteiger charge is -2.11. The van der Waals surface area contributed by atoms with Gasteiger partial charge in [0.15, 0.2) is 0 Å². The third-order valence-corrected chi connectivity index (χ3v) is 3.93. The number of nitrogens with one attached hydrogen (secondary N) is 2. The quantitative estimate of drug-likeness (QED) is 0.522. The number of benzene rings is 2. The van der Waals surface area contributed by atoms with Crippen molar-refractivity contribution in [3.8, 4) is 11.5 Å². The van der Waals surface area contributed by atoms with Gasteiger partial charge in [-0.1, -0.05) is 12.1 Å². The fraction of sp³-hybridized carbons (Fsp3) is 0.150. The highest BCUT2D eigenvalue weighted by Gasteiger charge is 2.09. The summed E-state index contributed by atoms with van der Waals surface area (Å²) in [5.74, 6) is 0.352. The average Bonchev–Trinajstić information content (AvgIpc) is 3.21. The smallest absolute Gasteiger partial charge is 0.319 e. The maximum absolute atomic E-state index is 11.9. The number of hydrogen-bond acceptors (Lipinski definition) is 4. The van der Waals surface area contributed by atoms with E-state index in [4.69, 9.17) is 10.5 Å².